The number of hydrogen-bond donors (Lipinski definition) is 1. The highest BCUT2D eigenvalue weighted by Gasteiger charge is 2.13. The summed E-state index contributed by atoms with van der Waals surface area (Å²) in [7, 11) is 0. The highest BCUT2D eigenvalue weighted by Crippen LogP contribution is 2.28. The Balaban J connectivity index is 2.03. The summed E-state index contributed by atoms with van der Waals surface area (Å²) < 4.78 is 0.884. The first kappa shape index (κ1) is 15.2. The molecule has 1 heterocycles. The lowest BCUT2D eigenvalue weighted by atomic mass is 10.1. The standard InChI is InChI=1S/C17H20BrNO/c1-2-3-4-5-6-11-16(20)17-14(18)12-13-9-7-8-10-15(13)19-17/h2,7-10,12,16,20H,1,3-6,11H2. The van der Waals surface area contributed by atoms with Crippen molar-refractivity contribution in [1.29, 1.82) is 0 Å². The van der Waals surface area contributed by atoms with E-state index in [4.69, 9.17) is 0 Å². The molecule has 1 aromatic heterocycles. The molecule has 0 bridgehead atoms. The van der Waals surface area contributed by atoms with Gasteiger partial charge in [0.2, 0.25) is 0 Å². The maximum absolute atomic E-state index is 10.3. The van der Waals surface area contributed by atoms with E-state index in [1.54, 1.807) is 0 Å². The number of fused-ring (bicyclic) bond motifs is 1. The van der Waals surface area contributed by atoms with E-state index in [1.807, 2.05) is 36.4 Å². The molecule has 0 saturated heterocycles. The van der Waals surface area contributed by atoms with E-state index in [-0.39, 0.29) is 0 Å². The average molecular weight is 334 g/mol. The molecule has 0 amide bonds. The van der Waals surface area contributed by atoms with Gasteiger partial charge in [0.1, 0.15) is 0 Å². The van der Waals surface area contributed by atoms with Crippen molar-refractivity contribution in [2.45, 2.75) is 38.2 Å². The zero-order valence-corrected chi connectivity index (χ0v) is 13.1. The molecule has 0 aliphatic rings. The third-order valence-electron chi connectivity index (χ3n) is 3.41. The van der Waals surface area contributed by atoms with Gasteiger partial charge in [-0.25, -0.2) is 4.98 Å². The highest BCUT2D eigenvalue weighted by atomic mass is 79.9. The number of rotatable bonds is 7. The molecule has 2 rings (SSSR count). The summed E-state index contributed by atoms with van der Waals surface area (Å²) in [5.41, 5.74) is 1.67. The Kier molecular flexibility index (Phi) is 5.74. The zero-order valence-electron chi connectivity index (χ0n) is 11.6. The summed E-state index contributed by atoms with van der Waals surface area (Å²) in [5, 5.41) is 11.4. The summed E-state index contributed by atoms with van der Waals surface area (Å²) in [6, 6.07) is 9.99. The van der Waals surface area contributed by atoms with Crippen molar-refractivity contribution in [3.05, 3.63) is 53.2 Å². The van der Waals surface area contributed by atoms with Crippen LogP contribution in [-0.2, 0) is 0 Å². The fourth-order valence-corrected chi connectivity index (χ4v) is 2.88. The first-order valence-corrected chi connectivity index (χ1v) is 7.86. The van der Waals surface area contributed by atoms with Gasteiger partial charge in [0.15, 0.2) is 0 Å². The predicted octanol–water partition coefficient (Wildman–Crippen LogP) is 5.17. The minimum Gasteiger partial charge on any atom is -0.387 e. The van der Waals surface area contributed by atoms with Crippen LogP contribution in [0.3, 0.4) is 0 Å². The highest BCUT2D eigenvalue weighted by molar-refractivity contribution is 9.10. The van der Waals surface area contributed by atoms with Crippen LogP contribution in [0, 0.1) is 0 Å². The van der Waals surface area contributed by atoms with Crippen LogP contribution < -0.4 is 0 Å². The maximum Gasteiger partial charge on any atom is 0.0971 e. The van der Waals surface area contributed by atoms with Gasteiger partial charge in [-0.2, -0.15) is 0 Å². The lowest BCUT2D eigenvalue weighted by molar-refractivity contribution is 0.158. The van der Waals surface area contributed by atoms with Gasteiger partial charge in [-0.05, 0) is 47.3 Å². The first-order chi connectivity index (χ1) is 9.72. The van der Waals surface area contributed by atoms with Gasteiger partial charge in [-0.1, -0.05) is 37.1 Å². The van der Waals surface area contributed by atoms with Crippen molar-refractivity contribution < 1.29 is 5.11 Å². The number of nitrogens with zero attached hydrogens (tertiary/aromatic N) is 1. The van der Waals surface area contributed by atoms with Gasteiger partial charge >= 0.3 is 0 Å². The van der Waals surface area contributed by atoms with Crippen LogP contribution in [0.25, 0.3) is 10.9 Å². The van der Waals surface area contributed by atoms with Crippen LogP contribution in [0.2, 0.25) is 0 Å². The third kappa shape index (κ3) is 3.90. The number of pyridine rings is 1. The van der Waals surface area contributed by atoms with Crippen molar-refractivity contribution in [3.8, 4) is 0 Å². The minimum absolute atomic E-state index is 0.502. The van der Waals surface area contributed by atoms with Gasteiger partial charge in [0, 0.05) is 9.86 Å². The summed E-state index contributed by atoms with van der Waals surface area (Å²) in [6.45, 7) is 3.72. The van der Waals surface area contributed by atoms with E-state index in [1.165, 1.54) is 0 Å². The number of para-hydroxylation sites is 1. The Hall–Kier alpha value is -1.19. The number of benzene rings is 1. The van der Waals surface area contributed by atoms with Crippen molar-refractivity contribution >= 4 is 26.8 Å². The van der Waals surface area contributed by atoms with Gasteiger partial charge in [-0.3, -0.25) is 0 Å². The predicted molar refractivity (Wildman–Crippen MR) is 87.7 cm³/mol. The van der Waals surface area contributed by atoms with Gasteiger partial charge in [-0.15, -0.1) is 6.58 Å². The van der Waals surface area contributed by atoms with Crippen molar-refractivity contribution in [2.75, 3.05) is 0 Å². The van der Waals surface area contributed by atoms with E-state index in [0.29, 0.717) is 0 Å². The molecule has 106 valence electrons. The number of halogens is 1. The molecule has 0 aliphatic heterocycles. The molecular formula is C17H20BrNO. The SMILES string of the molecule is C=CCCCCCC(O)c1nc2ccccc2cc1Br. The van der Waals surface area contributed by atoms with Crippen LogP contribution in [0.1, 0.15) is 43.9 Å². The fourth-order valence-electron chi connectivity index (χ4n) is 2.28. The van der Waals surface area contributed by atoms with E-state index in [2.05, 4.69) is 27.5 Å². The summed E-state index contributed by atoms with van der Waals surface area (Å²) >= 11 is 3.52. The molecule has 20 heavy (non-hydrogen) atoms. The zero-order chi connectivity index (χ0) is 14.4. The Morgan fingerprint density at radius 3 is 2.85 bits per heavy atom. The summed E-state index contributed by atoms with van der Waals surface area (Å²) in [6.07, 6.45) is 6.51. The molecule has 0 spiro atoms. The molecule has 3 heteroatoms. The number of aliphatic hydroxyl groups is 1. The Morgan fingerprint density at radius 1 is 1.25 bits per heavy atom. The number of hydrogen-bond acceptors (Lipinski definition) is 2. The van der Waals surface area contributed by atoms with Crippen LogP contribution in [0.4, 0.5) is 0 Å². The first-order valence-electron chi connectivity index (χ1n) is 7.06. The summed E-state index contributed by atoms with van der Waals surface area (Å²) in [5.74, 6) is 0. The largest absolute Gasteiger partial charge is 0.387 e. The van der Waals surface area contributed by atoms with Crippen molar-refractivity contribution in [3.63, 3.8) is 0 Å². The number of unbranched alkanes of at least 4 members (excludes halogenated alkanes) is 3. The topological polar surface area (TPSA) is 33.1 Å². The Labute approximate surface area is 128 Å². The smallest absolute Gasteiger partial charge is 0.0971 e. The number of allylic oxidation sites excluding steroid dienone is 1. The molecule has 0 aliphatic carbocycles. The molecule has 1 unspecified atom stereocenters. The lowest BCUT2D eigenvalue weighted by Gasteiger charge is -2.13. The van der Waals surface area contributed by atoms with E-state index in [9.17, 15) is 5.11 Å². The van der Waals surface area contributed by atoms with Crippen LogP contribution in [-0.4, -0.2) is 10.1 Å². The Bertz CT molecular complexity index is 582. The van der Waals surface area contributed by atoms with Gasteiger partial charge in [0.25, 0.3) is 0 Å². The molecule has 0 saturated carbocycles. The summed E-state index contributed by atoms with van der Waals surface area (Å²) in [4.78, 5) is 4.58. The average Bonchev–Trinajstić information content (AvgIpc) is 2.46. The quantitative estimate of drug-likeness (QED) is 0.560. The van der Waals surface area contributed by atoms with Gasteiger partial charge in [0.05, 0.1) is 17.3 Å². The van der Waals surface area contributed by atoms with Crippen LogP contribution >= 0.6 is 15.9 Å². The minimum atomic E-state index is -0.502. The molecule has 0 radical (unpaired) electrons. The van der Waals surface area contributed by atoms with E-state index < -0.39 is 6.10 Å². The second-order valence-corrected chi connectivity index (χ2v) is 5.84. The fraction of sp³-hybridized carbons (Fsp3) is 0.353. The monoisotopic (exact) mass is 333 g/mol. The molecule has 0 fully saturated rings. The molecule has 1 aromatic carbocycles. The van der Waals surface area contributed by atoms with E-state index in [0.717, 1.165) is 53.2 Å². The lowest BCUT2D eigenvalue weighted by Crippen LogP contribution is -2.02. The van der Waals surface area contributed by atoms with Crippen molar-refractivity contribution in [2.24, 2.45) is 0 Å². The van der Waals surface area contributed by atoms with Crippen molar-refractivity contribution in [1.82, 2.24) is 4.98 Å². The van der Waals surface area contributed by atoms with E-state index >= 15 is 0 Å². The number of aliphatic hydroxyl groups excluding tert-OH is 1. The second-order valence-electron chi connectivity index (χ2n) is 4.99. The molecule has 1 N–H and O–H groups in total. The Morgan fingerprint density at radius 2 is 2.05 bits per heavy atom. The molecule has 1 atom stereocenters. The molecule has 2 aromatic rings. The molecule has 2 nitrogen and oxygen atoms in total. The molecular weight excluding hydrogens is 314 g/mol. The van der Waals surface area contributed by atoms with Crippen LogP contribution in [0.5, 0.6) is 0 Å². The second kappa shape index (κ2) is 7.55. The van der Waals surface area contributed by atoms with Gasteiger partial charge < -0.3 is 5.11 Å². The number of aromatic nitrogens is 1. The third-order valence-corrected chi connectivity index (χ3v) is 4.04. The maximum atomic E-state index is 10.3. The normalized spacial score (nSPS) is 12.5. The van der Waals surface area contributed by atoms with Crippen LogP contribution in [0.15, 0.2) is 47.5 Å².